The molecule has 0 spiro atoms. The Morgan fingerprint density at radius 1 is 1.57 bits per heavy atom. The molecule has 0 saturated carbocycles. The molecule has 0 radical (unpaired) electrons. The van der Waals surface area contributed by atoms with Gasteiger partial charge < -0.3 is 15.3 Å². The van der Waals surface area contributed by atoms with Crippen molar-refractivity contribution in [2.45, 2.75) is 13.3 Å². The normalized spacial score (nSPS) is 27.2. The van der Waals surface area contributed by atoms with Gasteiger partial charge >= 0.3 is 5.97 Å². The summed E-state index contributed by atoms with van der Waals surface area (Å²) in [5.41, 5.74) is -0.547. The molecule has 0 fully saturated rings. The number of allylic oxidation sites excluding steroid dienone is 4. The van der Waals surface area contributed by atoms with Crippen LogP contribution >= 0.6 is 0 Å². The molecule has 4 nitrogen and oxygen atoms in total. The van der Waals surface area contributed by atoms with Crippen LogP contribution in [0, 0.1) is 5.41 Å². The Hall–Kier alpha value is -1.71. The molecule has 0 aliphatic heterocycles. The lowest BCUT2D eigenvalue weighted by molar-refractivity contribution is -0.131. The second-order valence-electron chi connectivity index (χ2n) is 3.52. The second-order valence-corrected chi connectivity index (χ2v) is 3.52. The van der Waals surface area contributed by atoms with Crippen LogP contribution in [0.25, 0.3) is 0 Å². The number of aliphatic hydroxyl groups is 2. The van der Waals surface area contributed by atoms with E-state index in [0.717, 1.165) is 6.08 Å². The van der Waals surface area contributed by atoms with E-state index in [1.807, 2.05) is 0 Å². The maximum absolute atomic E-state index is 10.3. The van der Waals surface area contributed by atoms with Crippen molar-refractivity contribution < 1.29 is 20.1 Å². The average molecular weight is 196 g/mol. The molecule has 0 heterocycles. The molecule has 0 saturated heterocycles. The van der Waals surface area contributed by atoms with Crippen LogP contribution in [0.3, 0.4) is 0 Å². The standard InChI is InChI=1S/C10H12O4/c1-10(5-3-9(13)14)4-2-7(11)8(12)6-10/h2-5,11-12H,6H2,1H3,(H,13,14)/b5-3+. The molecule has 0 aromatic heterocycles. The minimum absolute atomic E-state index is 0.120. The number of rotatable bonds is 2. The monoisotopic (exact) mass is 196 g/mol. The fraction of sp³-hybridized carbons (Fsp3) is 0.300. The first kappa shape index (κ1) is 10.4. The van der Waals surface area contributed by atoms with Crippen molar-refractivity contribution in [1.29, 1.82) is 0 Å². The average Bonchev–Trinajstić information content (AvgIpc) is 2.09. The summed E-state index contributed by atoms with van der Waals surface area (Å²) in [5.74, 6) is -1.31. The van der Waals surface area contributed by atoms with Gasteiger partial charge in [-0.1, -0.05) is 19.1 Å². The summed E-state index contributed by atoms with van der Waals surface area (Å²) in [6.45, 7) is 1.77. The van der Waals surface area contributed by atoms with Gasteiger partial charge in [0.2, 0.25) is 0 Å². The Morgan fingerprint density at radius 2 is 2.21 bits per heavy atom. The van der Waals surface area contributed by atoms with E-state index in [9.17, 15) is 9.90 Å². The molecule has 14 heavy (non-hydrogen) atoms. The van der Waals surface area contributed by atoms with E-state index < -0.39 is 11.4 Å². The number of aliphatic hydroxyl groups excluding tert-OH is 2. The fourth-order valence-electron chi connectivity index (χ4n) is 1.25. The maximum atomic E-state index is 10.3. The molecule has 76 valence electrons. The topological polar surface area (TPSA) is 77.8 Å². The van der Waals surface area contributed by atoms with Crippen LogP contribution in [0.15, 0.2) is 35.8 Å². The van der Waals surface area contributed by atoms with Gasteiger partial charge in [-0.05, 0) is 6.08 Å². The summed E-state index contributed by atoms with van der Waals surface area (Å²) in [6, 6.07) is 0. The van der Waals surface area contributed by atoms with Crippen LogP contribution in [0.1, 0.15) is 13.3 Å². The van der Waals surface area contributed by atoms with Gasteiger partial charge in [0.15, 0.2) is 5.76 Å². The van der Waals surface area contributed by atoms with Gasteiger partial charge in [-0.3, -0.25) is 0 Å². The molecule has 1 atom stereocenters. The molecule has 3 N–H and O–H groups in total. The molecule has 1 rings (SSSR count). The summed E-state index contributed by atoms with van der Waals surface area (Å²) >= 11 is 0. The molecule has 0 bridgehead atoms. The smallest absolute Gasteiger partial charge is 0.328 e. The highest BCUT2D eigenvalue weighted by Crippen LogP contribution is 2.33. The second kappa shape index (κ2) is 3.57. The van der Waals surface area contributed by atoms with Crippen molar-refractivity contribution in [3.8, 4) is 0 Å². The van der Waals surface area contributed by atoms with Crippen molar-refractivity contribution in [3.05, 3.63) is 35.8 Å². The van der Waals surface area contributed by atoms with Crippen LogP contribution in [0.5, 0.6) is 0 Å². The van der Waals surface area contributed by atoms with Crippen LogP contribution < -0.4 is 0 Å². The maximum Gasteiger partial charge on any atom is 0.328 e. The third-order valence-electron chi connectivity index (χ3n) is 2.07. The third kappa shape index (κ3) is 2.39. The SMILES string of the molecule is CC1(/C=C/C(=O)O)C=CC(O)=C(O)C1. The van der Waals surface area contributed by atoms with Gasteiger partial charge in [0, 0.05) is 17.9 Å². The molecule has 1 aliphatic carbocycles. The summed E-state index contributed by atoms with van der Waals surface area (Å²) < 4.78 is 0. The summed E-state index contributed by atoms with van der Waals surface area (Å²) in [5, 5.41) is 26.8. The van der Waals surface area contributed by atoms with Crippen molar-refractivity contribution >= 4 is 5.97 Å². The van der Waals surface area contributed by atoms with Crippen LogP contribution in [0.2, 0.25) is 0 Å². The van der Waals surface area contributed by atoms with E-state index in [1.165, 1.54) is 12.2 Å². The first-order valence-electron chi connectivity index (χ1n) is 4.15. The number of carbonyl (C=O) groups is 1. The quantitative estimate of drug-likeness (QED) is 0.589. The highest BCUT2D eigenvalue weighted by molar-refractivity contribution is 5.79. The number of carboxylic acids is 1. The largest absolute Gasteiger partial charge is 0.508 e. The van der Waals surface area contributed by atoms with Gasteiger partial charge in [0.25, 0.3) is 0 Å². The lowest BCUT2D eigenvalue weighted by Crippen LogP contribution is -2.15. The van der Waals surface area contributed by atoms with Crippen molar-refractivity contribution in [2.24, 2.45) is 5.41 Å². The van der Waals surface area contributed by atoms with E-state index in [4.69, 9.17) is 10.2 Å². The third-order valence-corrected chi connectivity index (χ3v) is 2.07. The summed E-state index contributed by atoms with van der Waals surface area (Å²) in [7, 11) is 0. The summed E-state index contributed by atoms with van der Waals surface area (Å²) in [6.07, 6.45) is 5.74. The minimum atomic E-state index is -1.03. The zero-order valence-corrected chi connectivity index (χ0v) is 7.77. The van der Waals surface area contributed by atoms with Crippen LogP contribution in [-0.4, -0.2) is 21.3 Å². The molecule has 1 aliphatic rings. The first-order valence-corrected chi connectivity index (χ1v) is 4.15. The zero-order chi connectivity index (χ0) is 10.8. The van der Waals surface area contributed by atoms with E-state index in [2.05, 4.69) is 0 Å². The summed E-state index contributed by atoms with van der Waals surface area (Å²) in [4.78, 5) is 10.3. The zero-order valence-electron chi connectivity index (χ0n) is 7.77. The Labute approximate surface area is 81.5 Å². The molecule has 4 heteroatoms. The van der Waals surface area contributed by atoms with Gasteiger partial charge in [-0.2, -0.15) is 0 Å². The molecule has 0 aromatic carbocycles. The van der Waals surface area contributed by atoms with Crippen LogP contribution in [0.4, 0.5) is 0 Å². The van der Waals surface area contributed by atoms with Gasteiger partial charge in [0.05, 0.1) is 0 Å². The predicted octanol–water partition coefficient (Wildman–Crippen LogP) is 1.92. The lowest BCUT2D eigenvalue weighted by Gasteiger charge is -2.24. The Balaban J connectivity index is 2.82. The highest BCUT2D eigenvalue weighted by atomic mass is 16.4. The Bertz CT molecular complexity index is 334. The predicted molar refractivity (Wildman–Crippen MR) is 50.9 cm³/mol. The number of carboxylic acid groups (broad SMARTS) is 1. The molecular formula is C10H12O4. The number of hydrogen-bond acceptors (Lipinski definition) is 3. The van der Waals surface area contributed by atoms with Crippen molar-refractivity contribution in [3.63, 3.8) is 0 Å². The number of hydrogen-bond donors (Lipinski definition) is 3. The van der Waals surface area contributed by atoms with Gasteiger partial charge in [0.1, 0.15) is 5.76 Å². The first-order chi connectivity index (χ1) is 6.43. The van der Waals surface area contributed by atoms with E-state index in [0.29, 0.717) is 0 Å². The van der Waals surface area contributed by atoms with Crippen molar-refractivity contribution in [2.75, 3.05) is 0 Å². The van der Waals surface area contributed by atoms with Crippen LogP contribution in [-0.2, 0) is 4.79 Å². The van der Waals surface area contributed by atoms with E-state index >= 15 is 0 Å². The Kier molecular flexibility index (Phi) is 2.65. The molecule has 1 unspecified atom stereocenters. The lowest BCUT2D eigenvalue weighted by atomic mass is 9.82. The Morgan fingerprint density at radius 3 is 2.71 bits per heavy atom. The molecular weight excluding hydrogens is 184 g/mol. The fourth-order valence-corrected chi connectivity index (χ4v) is 1.25. The molecule has 0 amide bonds. The number of aliphatic carboxylic acids is 1. The van der Waals surface area contributed by atoms with Gasteiger partial charge in [-0.25, -0.2) is 4.79 Å². The molecule has 0 aromatic rings. The van der Waals surface area contributed by atoms with Crippen molar-refractivity contribution in [1.82, 2.24) is 0 Å². The highest BCUT2D eigenvalue weighted by Gasteiger charge is 2.24. The van der Waals surface area contributed by atoms with Gasteiger partial charge in [-0.15, -0.1) is 0 Å². The van der Waals surface area contributed by atoms with E-state index in [1.54, 1.807) is 13.0 Å². The minimum Gasteiger partial charge on any atom is -0.508 e. The van der Waals surface area contributed by atoms with E-state index in [-0.39, 0.29) is 17.9 Å².